The fourth-order valence-corrected chi connectivity index (χ4v) is 4.96. The van der Waals surface area contributed by atoms with Crippen LogP contribution in [0.2, 0.25) is 0 Å². The molecule has 0 amide bonds. The Morgan fingerprint density at radius 3 is 2.50 bits per heavy atom. The summed E-state index contributed by atoms with van der Waals surface area (Å²) in [6.45, 7) is 12.4. The van der Waals surface area contributed by atoms with Crippen molar-refractivity contribution in [3.8, 4) is 0 Å². The Bertz CT molecular complexity index is 403. The molecular formula is C24H44O2. The molecule has 0 N–H and O–H groups in total. The second-order valence-corrected chi connectivity index (χ2v) is 10.00. The third-order valence-electron chi connectivity index (χ3n) is 6.36. The van der Waals surface area contributed by atoms with Crippen molar-refractivity contribution in [1.29, 1.82) is 0 Å². The lowest BCUT2D eigenvalue weighted by molar-refractivity contribution is -0.156. The Morgan fingerprint density at radius 2 is 1.85 bits per heavy atom. The summed E-state index contributed by atoms with van der Waals surface area (Å²) in [4.78, 5) is 0. The van der Waals surface area contributed by atoms with Crippen LogP contribution in [-0.2, 0) is 9.47 Å². The van der Waals surface area contributed by atoms with E-state index in [1.165, 1.54) is 57.8 Å². The van der Waals surface area contributed by atoms with Crippen LogP contribution in [0, 0.1) is 23.2 Å². The van der Waals surface area contributed by atoms with Crippen molar-refractivity contribution in [3.63, 3.8) is 0 Å². The molecule has 4 atom stereocenters. The Morgan fingerprint density at radius 1 is 1.12 bits per heavy atom. The normalized spacial score (nSPS) is 27.4. The molecule has 1 saturated carbocycles. The highest BCUT2D eigenvalue weighted by Gasteiger charge is 2.29. The van der Waals surface area contributed by atoms with Gasteiger partial charge in [0.15, 0.2) is 6.29 Å². The molecule has 2 aliphatic rings. The van der Waals surface area contributed by atoms with Crippen LogP contribution in [0.15, 0.2) is 12.2 Å². The number of hydrogen-bond donors (Lipinski definition) is 0. The number of allylic oxidation sites excluding steroid dienone is 1. The van der Waals surface area contributed by atoms with E-state index < -0.39 is 0 Å². The predicted octanol–water partition coefficient (Wildman–Crippen LogP) is 7.13. The molecule has 1 fully saturated rings. The maximum Gasteiger partial charge on any atom is 0.155 e. The fraction of sp³-hybridized carbons (Fsp3) is 0.917. The highest BCUT2D eigenvalue weighted by molar-refractivity contribution is 4.99. The van der Waals surface area contributed by atoms with Crippen LogP contribution in [0.5, 0.6) is 0 Å². The summed E-state index contributed by atoms with van der Waals surface area (Å²) in [5.41, 5.74) is 0.410. The van der Waals surface area contributed by atoms with Gasteiger partial charge in [-0.15, -0.1) is 0 Å². The van der Waals surface area contributed by atoms with Crippen LogP contribution < -0.4 is 0 Å². The van der Waals surface area contributed by atoms with Gasteiger partial charge in [-0.1, -0.05) is 78.4 Å². The van der Waals surface area contributed by atoms with E-state index in [1.807, 2.05) is 0 Å². The minimum Gasteiger partial charge on any atom is -0.353 e. The van der Waals surface area contributed by atoms with Crippen LogP contribution in [0.25, 0.3) is 0 Å². The van der Waals surface area contributed by atoms with E-state index in [-0.39, 0.29) is 12.4 Å². The highest BCUT2D eigenvalue weighted by Crippen LogP contribution is 2.37. The molecule has 0 aliphatic heterocycles. The summed E-state index contributed by atoms with van der Waals surface area (Å²) >= 11 is 0. The Kier molecular flexibility index (Phi) is 9.17. The lowest BCUT2D eigenvalue weighted by Gasteiger charge is -2.35. The van der Waals surface area contributed by atoms with E-state index in [4.69, 9.17) is 9.47 Å². The van der Waals surface area contributed by atoms with E-state index in [0.29, 0.717) is 5.41 Å². The maximum absolute atomic E-state index is 6.23. The Hall–Kier alpha value is -0.340. The van der Waals surface area contributed by atoms with E-state index in [1.54, 1.807) is 0 Å². The number of rotatable bonds is 9. The zero-order valence-electron chi connectivity index (χ0n) is 18.1. The molecule has 0 saturated heterocycles. The van der Waals surface area contributed by atoms with Crippen LogP contribution in [-0.4, -0.2) is 19.0 Å². The molecule has 2 rings (SSSR count). The zero-order chi connectivity index (χ0) is 19.0. The predicted molar refractivity (Wildman–Crippen MR) is 111 cm³/mol. The second-order valence-electron chi connectivity index (χ2n) is 10.00. The third-order valence-corrected chi connectivity index (χ3v) is 6.36. The van der Waals surface area contributed by atoms with Gasteiger partial charge >= 0.3 is 0 Å². The van der Waals surface area contributed by atoms with E-state index in [9.17, 15) is 0 Å². The van der Waals surface area contributed by atoms with Crippen molar-refractivity contribution in [2.75, 3.05) is 6.61 Å². The molecule has 0 aromatic rings. The minimum absolute atomic E-state index is 0.0883. The first kappa shape index (κ1) is 22.0. The van der Waals surface area contributed by atoms with Crippen molar-refractivity contribution < 1.29 is 9.47 Å². The van der Waals surface area contributed by atoms with E-state index in [2.05, 4.69) is 46.8 Å². The third kappa shape index (κ3) is 8.13. The number of ether oxygens (including phenoxy) is 2. The average Bonchev–Trinajstić information content (AvgIpc) is 2.60. The van der Waals surface area contributed by atoms with Crippen molar-refractivity contribution >= 4 is 0 Å². The molecule has 4 unspecified atom stereocenters. The SMILES string of the molecule is CCC(CC(C)(C)C)C1CC=CC(OC(C)OCCC2CCCCC2)C1. The van der Waals surface area contributed by atoms with Crippen molar-refractivity contribution in [3.05, 3.63) is 12.2 Å². The quantitative estimate of drug-likeness (QED) is 0.320. The molecule has 2 heteroatoms. The Balaban J connectivity index is 1.71. The largest absolute Gasteiger partial charge is 0.353 e. The molecule has 152 valence electrons. The number of hydrogen-bond acceptors (Lipinski definition) is 2. The molecule has 2 aliphatic carbocycles. The van der Waals surface area contributed by atoms with Gasteiger partial charge in [0.25, 0.3) is 0 Å². The molecule has 0 aromatic carbocycles. The first-order chi connectivity index (χ1) is 12.4. The van der Waals surface area contributed by atoms with Crippen LogP contribution in [0.4, 0.5) is 0 Å². The lowest BCUT2D eigenvalue weighted by atomic mass is 9.73. The molecule has 0 bridgehead atoms. The summed E-state index contributed by atoms with van der Waals surface area (Å²) in [5, 5.41) is 0. The fourth-order valence-electron chi connectivity index (χ4n) is 4.96. The van der Waals surface area contributed by atoms with Gasteiger partial charge in [-0.05, 0) is 55.8 Å². The molecular weight excluding hydrogens is 320 g/mol. The summed E-state index contributed by atoms with van der Waals surface area (Å²) < 4.78 is 12.2. The lowest BCUT2D eigenvalue weighted by Crippen LogP contribution is -2.30. The Labute approximate surface area is 163 Å². The monoisotopic (exact) mass is 364 g/mol. The standard InChI is InChI=1S/C24H44O2/c1-6-21(18-24(3,4)5)22-13-10-14-23(17-22)26-19(2)25-16-15-20-11-8-7-9-12-20/h10,14,19-23H,6-9,11-13,15-18H2,1-5H3. The van der Waals surface area contributed by atoms with Crippen LogP contribution >= 0.6 is 0 Å². The first-order valence-electron chi connectivity index (χ1n) is 11.3. The summed E-state index contributed by atoms with van der Waals surface area (Å²) in [6, 6.07) is 0. The van der Waals surface area contributed by atoms with E-state index >= 15 is 0 Å². The summed E-state index contributed by atoms with van der Waals surface area (Å²) in [6.07, 6.45) is 18.0. The topological polar surface area (TPSA) is 18.5 Å². The summed E-state index contributed by atoms with van der Waals surface area (Å²) in [7, 11) is 0. The molecule has 26 heavy (non-hydrogen) atoms. The van der Waals surface area contributed by atoms with Crippen LogP contribution in [0.1, 0.15) is 98.8 Å². The second kappa shape index (κ2) is 10.9. The van der Waals surface area contributed by atoms with Gasteiger partial charge in [0.2, 0.25) is 0 Å². The molecule has 0 heterocycles. The molecule has 0 aromatic heterocycles. The van der Waals surface area contributed by atoms with Gasteiger partial charge in [-0.25, -0.2) is 0 Å². The van der Waals surface area contributed by atoms with Crippen LogP contribution in [0.3, 0.4) is 0 Å². The van der Waals surface area contributed by atoms with Gasteiger partial charge in [0.05, 0.1) is 6.10 Å². The minimum atomic E-state index is -0.0883. The van der Waals surface area contributed by atoms with Gasteiger partial charge in [-0.2, -0.15) is 0 Å². The zero-order valence-corrected chi connectivity index (χ0v) is 18.1. The molecule has 0 spiro atoms. The van der Waals surface area contributed by atoms with Crippen molar-refractivity contribution in [2.45, 2.75) is 111 Å². The van der Waals surface area contributed by atoms with Gasteiger partial charge in [-0.3, -0.25) is 0 Å². The molecule has 0 radical (unpaired) electrons. The molecule has 2 nitrogen and oxygen atoms in total. The van der Waals surface area contributed by atoms with Gasteiger partial charge in [0.1, 0.15) is 0 Å². The average molecular weight is 365 g/mol. The summed E-state index contributed by atoms with van der Waals surface area (Å²) in [5.74, 6) is 2.44. The smallest absolute Gasteiger partial charge is 0.155 e. The van der Waals surface area contributed by atoms with Gasteiger partial charge < -0.3 is 9.47 Å². The van der Waals surface area contributed by atoms with Crippen molar-refractivity contribution in [1.82, 2.24) is 0 Å². The van der Waals surface area contributed by atoms with E-state index in [0.717, 1.165) is 30.8 Å². The first-order valence-corrected chi connectivity index (χ1v) is 11.3. The van der Waals surface area contributed by atoms with Crippen molar-refractivity contribution in [2.24, 2.45) is 23.2 Å². The van der Waals surface area contributed by atoms with Gasteiger partial charge in [0, 0.05) is 6.61 Å². The highest BCUT2D eigenvalue weighted by atomic mass is 16.7. The maximum atomic E-state index is 6.23.